The van der Waals surface area contributed by atoms with E-state index in [1.54, 1.807) is 0 Å². The Morgan fingerprint density at radius 1 is 0.867 bits per heavy atom. The van der Waals surface area contributed by atoms with Crippen LogP contribution in [0.4, 0.5) is 11.8 Å². The molecule has 5 rings (SSSR count). The van der Waals surface area contributed by atoms with Crippen LogP contribution >= 0.6 is 0 Å². The maximum atomic E-state index is 4.93. The molecular weight excluding hydrogens is 368 g/mol. The number of aryl methyl sites for hydroxylation is 1. The number of rotatable bonds is 4. The molecular formula is C26H26N4. The lowest BCUT2D eigenvalue weighted by Crippen LogP contribution is -2.32. The summed E-state index contributed by atoms with van der Waals surface area (Å²) in [5.74, 6) is 1.73. The molecule has 0 bridgehead atoms. The normalized spacial score (nSPS) is 13.3. The number of aromatic nitrogens is 2. The summed E-state index contributed by atoms with van der Waals surface area (Å²) in [6, 6.07) is 23.6. The number of hydrogen-bond donors (Lipinski definition) is 1. The minimum Gasteiger partial charge on any atom is -0.352 e. The average molecular weight is 395 g/mol. The Balaban J connectivity index is 1.41. The highest BCUT2D eigenvalue weighted by molar-refractivity contribution is 5.85. The molecule has 4 nitrogen and oxygen atoms in total. The molecule has 0 atom stereocenters. The quantitative estimate of drug-likeness (QED) is 0.502. The smallest absolute Gasteiger partial charge is 0.225 e. The Bertz CT molecular complexity index is 1210. The van der Waals surface area contributed by atoms with Crippen molar-refractivity contribution in [1.82, 2.24) is 9.97 Å². The standard InChI is InChI=1S/C26H26N4/c1-18-19(2)28-26(27-16-22-12-7-11-21-9-5-6-13-24(21)22)29-25(18)30-15-14-20-8-3-4-10-23(20)17-30/h3-13H,14-17H2,1-2H3,(H,27,28,29). The first-order valence-electron chi connectivity index (χ1n) is 10.6. The van der Waals surface area contributed by atoms with Gasteiger partial charge in [0.25, 0.3) is 0 Å². The largest absolute Gasteiger partial charge is 0.352 e. The summed E-state index contributed by atoms with van der Waals surface area (Å²) in [4.78, 5) is 12.0. The molecule has 4 aromatic rings. The molecule has 0 spiro atoms. The molecule has 0 fully saturated rings. The molecule has 0 amide bonds. The second kappa shape index (κ2) is 7.79. The Morgan fingerprint density at radius 2 is 1.63 bits per heavy atom. The predicted octanol–water partition coefficient (Wildman–Crippen LogP) is 5.42. The summed E-state index contributed by atoms with van der Waals surface area (Å²) < 4.78 is 0. The fourth-order valence-corrected chi connectivity index (χ4v) is 4.30. The van der Waals surface area contributed by atoms with Crippen molar-refractivity contribution < 1.29 is 0 Å². The molecule has 2 heterocycles. The third kappa shape index (κ3) is 3.50. The van der Waals surface area contributed by atoms with E-state index in [0.29, 0.717) is 12.5 Å². The van der Waals surface area contributed by atoms with E-state index in [1.165, 1.54) is 27.5 Å². The SMILES string of the molecule is Cc1nc(NCc2cccc3ccccc23)nc(N2CCc3ccccc3C2)c1C. The topological polar surface area (TPSA) is 41.1 Å². The zero-order valence-corrected chi connectivity index (χ0v) is 17.5. The average Bonchev–Trinajstić information content (AvgIpc) is 2.79. The van der Waals surface area contributed by atoms with Gasteiger partial charge in [-0.15, -0.1) is 0 Å². The minimum absolute atomic E-state index is 0.694. The first-order valence-corrected chi connectivity index (χ1v) is 10.6. The van der Waals surface area contributed by atoms with Crippen molar-refractivity contribution in [3.05, 3.63) is 94.7 Å². The summed E-state index contributed by atoms with van der Waals surface area (Å²) in [5, 5.41) is 5.99. The van der Waals surface area contributed by atoms with Gasteiger partial charge in [0.2, 0.25) is 5.95 Å². The molecule has 1 aliphatic rings. The summed E-state index contributed by atoms with van der Waals surface area (Å²) in [6.45, 7) is 6.78. The summed E-state index contributed by atoms with van der Waals surface area (Å²) in [7, 11) is 0. The van der Waals surface area contributed by atoms with Gasteiger partial charge in [-0.05, 0) is 47.7 Å². The fraction of sp³-hybridized carbons (Fsp3) is 0.231. The zero-order valence-electron chi connectivity index (χ0n) is 17.5. The number of anilines is 2. The van der Waals surface area contributed by atoms with Crippen molar-refractivity contribution in [1.29, 1.82) is 0 Å². The van der Waals surface area contributed by atoms with Crippen LogP contribution in [0, 0.1) is 13.8 Å². The van der Waals surface area contributed by atoms with Crippen molar-refractivity contribution in [2.24, 2.45) is 0 Å². The highest BCUT2D eigenvalue weighted by Crippen LogP contribution is 2.28. The van der Waals surface area contributed by atoms with Gasteiger partial charge in [0.15, 0.2) is 0 Å². The van der Waals surface area contributed by atoms with E-state index < -0.39 is 0 Å². The monoisotopic (exact) mass is 394 g/mol. The highest BCUT2D eigenvalue weighted by atomic mass is 15.2. The Kier molecular flexibility index (Phi) is 4.83. The van der Waals surface area contributed by atoms with Crippen LogP contribution in [0.2, 0.25) is 0 Å². The molecule has 1 aliphatic heterocycles. The van der Waals surface area contributed by atoms with Crippen LogP contribution in [-0.2, 0) is 19.5 Å². The van der Waals surface area contributed by atoms with Crippen LogP contribution in [0.25, 0.3) is 10.8 Å². The zero-order chi connectivity index (χ0) is 20.5. The first kappa shape index (κ1) is 18.6. The van der Waals surface area contributed by atoms with Crippen molar-refractivity contribution in [2.45, 2.75) is 33.4 Å². The van der Waals surface area contributed by atoms with Crippen LogP contribution < -0.4 is 10.2 Å². The molecule has 0 saturated heterocycles. The van der Waals surface area contributed by atoms with Gasteiger partial charge in [-0.1, -0.05) is 66.7 Å². The Hall–Kier alpha value is -3.40. The van der Waals surface area contributed by atoms with Crippen LogP contribution in [-0.4, -0.2) is 16.5 Å². The third-order valence-electron chi connectivity index (χ3n) is 6.11. The van der Waals surface area contributed by atoms with Gasteiger partial charge in [-0.2, -0.15) is 4.98 Å². The molecule has 4 heteroatoms. The van der Waals surface area contributed by atoms with E-state index in [1.807, 2.05) is 0 Å². The Morgan fingerprint density at radius 3 is 2.53 bits per heavy atom. The molecule has 3 aromatic carbocycles. The lowest BCUT2D eigenvalue weighted by molar-refractivity contribution is 0.715. The van der Waals surface area contributed by atoms with Gasteiger partial charge in [0, 0.05) is 30.9 Å². The van der Waals surface area contributed by atoms with E-state index in [2.05, 4.69) is 90.8 Å². The number of benzene rings is 3. The number of hydrogen-bond acceptors (Lipinski definition) is 4. The molecule has 1 aromatic heterocycles. The van der Waals surface area contributed by atoms with Crippen LogP contribution in [0.3, 0.4) is 0 Å². The van der Waals surface area contributed by atoms with E-state index in [4.69, 9.17) is 9.97 Å². The molecule has 0 unspecified atom stereocenters. The van der Waals surface area contributed by atoms with Gasteiger partial charge in [-0.3, -0.25) is 0 Å². The van der Waals surface area contributed by atoms with E-state index >= 15 is 0 Å². The van der Waals surface area contributed by atoms with E-state index in [0.717, 1.165) is 36.6 Å². The molecule has 0 radical (unpaired) electrons. The highest BCUT2D eigenvalue weighted by Gasteiger charge is 2.20. The lowest BCUT2D eigenvalue weighted by Gasteiger charge is -2.31. The van der Waals surface area contributed by atoms with Crippen LogP contribution in [0.15, 0.2) is 66.7 Å². The number of nitrogens with zero attached hydrogens (tertiary/aromatic N) is 3. The van der Waals surface area contributed by atoms with Crippen molar-refractivity contribution in [2.75, 3.05) is 16.8 Å². The van der Waals surface area contributed by atoms with Gasteiger partial charge in [-0.25, -0.2) is 4.98 Å². The second-order valence-electron chi connectivity index (χ2n) is 8.01. The van der Waals surface area contributed by atoms with E-state index in [9.17, 15) is 0 Å². The van der Waals surface area contributed by atoms with Gasteiger partial charge >= 0.3 is 0 Å². The minimum atomic E-state index is 0.694. The summed E-state index contributed by atoms with van der Waals surface area (Å²) in [5.41, 5.74) is 6.28. The molecule has 1 N–H and O–H groups in total. The van der Waals surface area contributed by atoms with E-state index in [-0.39, 0.29) is 0 Å². The third-order valence-corrected chi connectivity index (χ3v) is 6.11. The van der Waals surface area contributed by atoms with Gasteiger partial charge in [0.1, 0.15) is 5.82 Å². The summed E-state index contributed by atoms with van der Waals surface area (Å²) in [6.07, 6.45) is 1.05. The van der Waals surface area contributed by atoms with Crippen LogP contribution in [0.1, 0.15) is 27.9 Å². The van der Waals surface area contributed by atoms with Crippen molar-refractivity contribution >= 4 is 22.5 Å². The molecule has 150 valence electrons. The predicted molar refractivity (Wildman–Crippen MR) is 124 cm³/mol. The van der Waals surface area contributed by atoms with Crippen LogP contribution in [0.5, 0.6) is 0 Å². The summed E-state index contributed by atoms with van der Waals surface area (Å²) >= 11 is 0. The second-order valence-corrected chi connectivity index (χ2v) is 8.01. The Labute approximate surface area is 177 Å². The maximum absolute atomic E-state index is 4.93. The first-order chi connectivity index (χ1) is 14.7. The molecule has 0 saturated carbocycles. The number of fused-ring (bicyclic) bond motifs is 2. The number of nitrogens with one attached hydrogen (secondary N) is 1. The van der Waals surface area contributed by atoms with Crippen molar-refractivity contribution in [3.8, 4) is 0 Å². The fourth-order valence-electron chi connectivity index (χ4n) is 4.30. The molecule has 0 aliphatic carbocycles. The molecule has 30 heavy (non-hydrogen) atoms. The van der Waals surface area contributed by atoms with Gasteiger partial charge in [0.05, 0.1) is 0 Å². The lowest BCUT2D eigenvalue weighted by atomic mass is 9.99. The maximum Gasteiger partial charge on any atom is 0.225 e. The van der Waals surface area contributed by atoms with Crippen molar-refractivity contribution in [3.63, 3.8) is 0 Å². The van der Waals surface area contributed by atoms with Gasteiger partial charge < -0.3 is 10.2 Å².